The molecule has 0 aliphatic carbocycles. The number of carbonyl (C=O) groups excluding carboxylic acids is 2. The smallest absolute Gasteiger partial charge is 0.222 e. The third-order valence-electron chi connectivity index (χ3n) is 5.44. The van der Waals surface area contributed by atoms with Gasteiger partial charge in [-0.3, -0.25) is 9.59 Å². The van der Waals surface area contributed by atoms with Gasteiger partial charge in [0.1, 0.15) is 0 Å². The van der Waals surface area contributed by atoms with Crippen LogP contribution in [0.5, 0.6) is 0 Å². The Morgan fingerprint density at radius 3 is 1.78 bits per heavy atom. The molecule has 0 fully saturated rings. The van der Waals surface area contributed by atoms with Gasteiger partial charge in [-0.1, -0.05) is 69.1 Å². The van der Waals surface area contributed by atoms with E-state index < -0.39 is 0 Å². The second-order valence-electron chi connectivity index (χ2n) is 8.86. The Balaban J connectivity index is 3.37. The molecule has 5 N–H and O–H groups in total. The molecule has 0 atom stereocenters. The van der Waals surface area contributed by atoms with Gasteiger partial charge in [-0.25, -0.2) is 0 Å². The number of nitrogens with one attached hydrogen (secondary N) is 2. The summed E-state index contributed by atoms with van der Waals surface area (Å²) < 4.78 is 10.7. The Hall–Kier alpha value is -1.96. The summed E-state index contributed by atoms with van der Waals surface area (Å²) in [6.45, 7) is 5.79. The van der Waals surface area contributed by atoms with E-state index in [9.17, 15) is 9.59 Å². The van der Waals surface area contributed by atoms with Crippen molar-refractivity contribution < 1.29 is 24.8 Å². The van der Waals surface area contributed by atoms with Crippen LogP contribution in [0.25, 0.3) is 0 Å². The zero-order valence-corrected chi connectivity index (χ0v) is 22.9. The Kier molecular flexibility index (Phi) is 27.7. The Labute approximate surface area is 220 Å². The molecular weight excluding hydrogens is 454 g/mol. The molecule has 0 radical (unpaired) electrons. The van der Waals surface area contributed by atoms with Crippen molar-refractivity contribution >= 4 is 11.8 Å². The van der Waals surface area contributed by atoms with Gasteiger partial charge in [0.2, 0.25) is 11.8 Å². The lowest BCUT2D eigenvalue weighted by molar-refractivity contribution is -0.374. The van der Waals surface area contributed by atoms with E-state index in [-0.39, 0.29) is 11.8 Å². The molecular formula is C29H54N3O4+. The van der Waals surface area contributed by atoms with Crippen molar-refractivity contribution in [2.45, 2.75) is 90.4 Å². The summed E-state index contributed by atoms with van der Waals surface area (Å²) >= 11 is 0. The van der Waals surface area contributed by atoms with Crippen LogP contribution < -0.4 is 16.4 Å². The summed E-state index contributed by atoms with van der Waals surface area (Å²) in [7, 11) is 0. The van der Waals surface area contributed by atoms with E-state index in [1.807, 2.05) is 0 Å². The van der Waals surface area contributed by atoms with Crippen LogP contribution in [0.2, 0.25) is 0 Å². The van der Waals surface area contributed by atoms with Gasteiger partial charge in [-0.2, -0.15) is 0 Å². The van der Waals surface area contributed by atoms with Gasteiger partial charge in [0, 0.05) is 25.9 Å². The first-order chi connectivity index (χ1) is 17.7. The summed E-state index contributed by atoms with van der Waals surface area (Å²) in [4.78, 5) is 23.4. The van der Waals surface area contributed by atoms with Crippen LogP contribution in [0.4, 0.5) is 0 Å². The largest absolute Gasteiger partial charge is 0.378 e. The number of quaternary nitrogens is 1. The molecule has 0 bridgehead atoms. The van der Waals surface area contributed by atoms with E-state index in [0.29, 0.717) is 58.9 Å². The molecule has 0 aliphatic rings. The number of rotatable bonds is 26. The monoisotopic (exact) mass is 508 g/mol. The average Bonchev–Trinajstić information content (AvgIpc) is 2.88. The van der Waals surface area contributed by atoms with Gasteiger partial charge in [0.15, 0.2) is 0 Å². The number of carbonyl (C=O) groups is 2. The van der Waals surface area contributed by atoms with E-state index in [1.165, 1.54) is 32.1 Å². The number of unbranched alkanes of at least 4 members (excludes halogenated alkanes) is 7. The molecule has 0 saturated carbocycles. The molecule has 2 amide bonds. The first kappa shape index (κ1) is 34.0. The summed E-state index contributed by atoms with van der Waals surface area (Å²) in [5.74, 6) is 0.0350. The first-order valence-electron chi connectivity index (χ1n) is 14.1. The van der Waals surface area contributed by atoms with Crippen molar-refractivity contribution in [3.05, 3.63) is 36.5 Å². The maximum atomic E-state index is 11.9. The van der Waals surface area contributed by atoms with Crippen LogP contribution in [0.3, 0.4) is 0 Å². The molecule has 0 rings (SSSR count). The third-order valence-corrected chi connectivity index (χ3v) is 5.44. The molecule has 0 heterocycles. The summed E-state index contributed by atoms with van der Waals surface area (Å²) in [6.07, 6.45) is 27.1. The molecule has 208 valence electrons. The number of ether oxygens (including phenoxy) is 2. The summed E-state index contributed by atoms with van der Waals surface area (Å²) in [5, 5.41) is 5.66. The van der Waals surface area contributed by atoms with Crippen LogP contribution in [-0.4, -0.2) is 57.9 Å². The first-order valence-corrected chi connectivity index (χ1v) is 14.1. The topological polar surface area (TPSA) is 104 Å². The zero-order valence-electron chi connectivity index (χ0n) is 22.9. The van der Waals surface area contributed by atoms with Crippen molar-refractivity contribution in [2.24, 2.45) is 0 Å². The lowest BCUT2D eigenvalue weighted by atomic mass is 10.1. The van der Waals surface area contributed by atoms with E-state index >= 15 is 0 Å². The van der Waals surface area contributed by atoms with Crippen LogP contribution in [0.1, 0.15) is 90.4 Å². The van der Waals surface area contributed by atoms with Crippen molar-refractivity contribution in [3.8, 4) is 0 Å². The van der Waals surface area contributed by atoms with Gasteiger partial charge < -0.3 is 25.8 Å². The number of hydrogen-bond acceptors (Lipinski definition) is 4. The summed E-state index contributed by atoms with van der Waals surface area (Å²) in [5.41, 5.74) is 3.67. The quantitative estimate of drug-likeness (QED) is 0.120. The van der Waals surface area contributed by atoms with Crippen molar-refractivity contribution in [2.75, 3.05) is 46.1 Å². The molecule has 0 saturated heterocycles. The standard InChI is InChI=1S/C29H53N3O4/c1-2-3-4-5-6-7-8-9-10-11-12-13-14-15-16-17-18-19-28(33)31-22-26-36-27-23-32-29(34)20-24-35-25-21-30/h6-7,9-10,12-13H,2-5,8,11,14-27,30H2,1H3,(H,31,33)(H,32,34)/p+1/b7-6-,10-9-,13-12-. The molecule has 0 spiro atoms. The fraction of sp³-hybridized carbons (Fsp3) is 0.724. The third kappa shape index (κ3) is 28.3. The van der Waals surface area contributed by atoms with Crippen molar-refractivity contribution in [3.63, 3.8) is 0 Å². The van der Waals surface area contributed by atoms with Crippen molar-refractivity contribution in [1.29, 1.82) is 0 Å². The van der Waals surface area contributed by atoms with E-state index in [4.69, 9.17) is 9.47 Å². The predicted molar refractivity (Wildman–Crippen MR) is 149 cm³/mol. The van der Waals surface area contributed by atoms with E-state index in [0.717, 1.165) is 38.5 Å². The molecule has 0 unspecified atom stereocenters. The molecule has 0 aliphatic heterocycles. The highest BCUT2D eigenvalue weighted by Gasteiger charge is 2.02. The molecule has 0 aromatic rings. The lowest BCUT2D eigenvalue weighted by Crippen LogP contribution is -2.52. The minimum atomic E-state index is -0.0453. The minimum absolute atomic E-state index is 0.0453. The highest BCUT2D eigenvalue weighted by atomic mass is 16.5. The van der Waals surface area contributed by atoms with E-state index in [1.54, 1.807) is 0 Å². The Morgan fingerprint density at radius 2 is 1.17 bits per heavy atom. The van der Waals surface area contributed by atoms with Gasteiger partial charge in [-0.05, 0) is 44.9 Å². The Bertz CT molecular complexity index is 591. The van der Waals surface area contributed by atoms with Crippen LogP contribution >= 0.6 is 0 Å². The highest BCUT2D eigenvalue weighted by Crippen LogP contribution is 2.06. The second-order valence-corrected chi connectivity index (χ2v) is 8.86. The van der Waals surface area contributed by atoms with Crippen LogP contribution in [-0.2, 0) is 19.1 Å². The number of allylic oxidation sites excluding steroid dienone is 6. The predicted octanol–water partition coefficient (Wildman–Crippen LogP) is 4.25. The number of hydrogen-bond donors (Lipinski definition) is 3. The molecule has 0 aromatic heterocycles. The molecule has 36 heavy (non-hydrogen) atoms. The lowest BCUT2D eigenvalue weighted by Gasteiger charge is -2.08. The molecule has 7 heteroatoms. The maximum Gasteiger partial charge on any atom is 0.222 e. The maximum absolute atomic E-state index is 11.9. The van der Waals surface area contributed by atoms with Crippen LogP contribution in [0, 0.1) is 0 Å². The van der Waals surface area contributed by atoms with Crippen LogP contribution in [0.15, 0.2) is 36.5 Å². The minimum Gasteiger partial charge on any atom is -0.378 e. The van der Waals surface area contributed by atoms with Gasteiger partial charge in [0.05, 0.1) is 33.0 Å². The van der Waals surface area contributed by atoms with Gasteiger partial charge in [-0.15, -0.1) is 0 Å². The summed E-state index contributed by atoms with van der Waals surface area (Å²) in [6, 6.07) is 0. The number of amides is 2. The van der Waals surface area contributed by atoms with Crippen molar-refractivity contribution in [1.82, 2.24) is 10.6 Å². The second kappa shape index (κ2) is 29.3. The normalized spacial score (nSPS) is 11.7. The SMILES string of the molecule is CCCCC/C=C\C/C=C\C/C=C\CCCCCCC(=O)NCCOCCNC(=O)CCOCC[NH3+]. The van der Waals surface area contributed by atoms with Gasteiger partial charge >= 0.3 is 0 Å². The molecule has 7 nitrogen and oxygen atoms in total. The highest BCUT2D eigenvalue weighted by molar-refractivity contribution is 5.76. The fourth-order valence-corrected chi connectivity index (χ4v) is 3.36. The molecule has 0 aromatic carbocycles. The van der Waals surface area contributed by atoms with E-state index in [2.05, 4.69) is 59.7 Å². The van der Waals surface area contributed by atoms with Gasteiger partial charge in [0.25, 0.3) is 0 Å². The Morgan fingerprint density at radius 1 is 0.639 bits per heavy atom. The average molecular weight is 509 g/mol. The fourth-order valence-electron chi connectivity index (χ4n) is 3.36. The zero-order chi connectivity index (χ0) is 26.4.